The molecule has 1 heterocycles. The summed E-state index contributed by atoms with van der Waals surface area (Å²) in [5, 5.41) is 0. The Morgan fingerprint density at radius 1 is 0.905 bits per heavy atom. The lowest BCUT2D eigenvalue weighted by molar-refractivity contribution is 0.0375. The molecule has 1 saturated heterocycles. The highest BCUT2D eigenvalue weighted by Gasteiger charge is 2.36. The molecule has 0 aromatic carbocycles. The molecule has 0 atom stereocenters. The van der Waals surface area contributed by atoms with Crippen LogP contribution in [-0.4, -0.2) is 59.5 Å². The van der Waals surface area contributed by atoms with Gasteiger partial charge in [-0.3, -0.25) is 4.90 Å². The van der Waals surface area contributed by atoms with Gasteiger partial charge in [0.25, 0.3) is 0 Å². The number of nitrogens with zero attached hydrogens (tertiary/aromatic N) is 1. The number of ether oxygens (including phenoxy) is 1. The Hall–Kier alpha value is 0.0569. The first kappa shape index (κ1) is 19.1. The van der Waals surface area contributed by atoms with Crippen molar-refractivity contribution in [2.75, 3.05) is 46.1 Å². The van der Waals surface area contributed by atoms with E-state index >= 15 is 0 Å². The lowest BCUT2D eigenvalue weighted by atomic mass is 10.3. The summed E-state index contributed by atoms with van der Waals surface area (Å²) in [5.74, 6) is 0. The molecule has 0 saturated carbocycles. The van der Waals surface area contributed by atoms with Crippen LogP contribution >= 0.6 is 0 Å². The van der Waals surface area contributed by atoms with Crippen LogP contribution in [0.5, 0.6) is 0 Å². The van der Waals surface area contributed by atoms with E-state index in [1.807, 2.05) is 0 Å². The predicted octanol–water partition coefficient (Wildman–Crippen LogP) is 3.41. The molecule has 0 spiro atoms. The van der Waals surface area contributed by atoms with Crippen LogP contribution in [0.2, 0.25) is 12.1 Å². The molecule has 0 aliphatic carbocycles. The molecule has 126 valence electrons. The second-order valence-corrected chi connectivity index (χ2v) is 9.31. The topological polar surface area (TPSA) is 30.9 Å². The average molecular weight is 318 g/mol. The van der Waals surface area contributed by atoms with Crippen LogP contribution in [0.15, 0.2) is 0 Å². The summed E-state index contributed by atoms with van der Waals surface area (Å²) in [4.78, 5) is 2.51. The first-order valence-corrected chi connectivity index (χ1v) is 11.1. The molecule has 4 nitrogen and oxygen atoms in total. The average Bonchev–Trinajstić information content (AvgIpc) is 2.52. The van der Waals surface area contributed by atoms with Gasteiger partial charge in [0.05, 0.1) is 13.2 Å². The van der Waals surface area contributed by atoms with Crippen LogP contribution in [0, 0.1) is 0 Å². The largest absolute Gasteiger partial charge is 0.394 e. The van der Waals surface area contributed by atoms with Crippen molar-refractivity contribution in [2.24, 2.45) is 0 Å². The first-order chi connectivity index (χ1) is 10.3. The van der Waals surface area contributed by atoms with Crippen LogP contribution in [0.25, 0.3) is 0 Å². The minimum Gasteiger partial charge on any atom is -0.394 e. The van der Waals surface area contributed by atoms with Gasteiger partial charge in [-0.2, -0.15) is 0 Å². The Kier molecular flexibility index (Phi) is 10.6. The number of rotatable bonds is 12. The molecular formula is C16H35NO3Si. The van der Waals surface area contributed by atoms with E-state index in [2.05, 4.69) is 25.7 Å². The quantitative estimate of drug-likeness (QED) is 0.516. The highest BCUT2D eigenvalue weighted by molar-refractivity contribution is 6.67. The van der Waals surface area contributed by atoms with Gasteiger partial charge in [0.1, 0.15) is 0 Å². The molecule has 0 radical (unpaired) electrons. The maximum Gasteiger partial charge on any atom is 0.338 e. The minimum atomic E-state index is -1.98. The zero-order chi connectivity index (χ0) is 15.4. The van der Waals surface area contributed by atoms with E-state index in [0.29, 0.717) is 0 Å². The maximum absolute atomic E-state index is 6.28. The second-order valence-electron chi connectivity index (χ2n) is 5.92. The second kappa shape index (κ2) is 11.6. The Morgan fingerprint density at radius 3 is 2.05 bits per heavy atom. The molecule has 1 fully saturated rings. The standard InChI is InChI=1S/C16H35NO3Si/c1-4-11-19-21(15-6-3,20-12-5-2)16-7-8-17-9-13-18-14-10-17/h4-16H2,1-3H3. The Balaban J connectivity index is 2.43. The lowest BCUT2D eigenvalue weighted by Gasteiger charge is -2.32. The van der Waals surface area contributed by atoms with E-state index in [9.17, 15) is 0 Å². The smallest absolute Gasteiger partial charge is 0.338 e. The summed E-state index contributed by atoms with van der Waals surface area (Å²) in [6, 6.07) is 2.27. The van der Waals surface area contributed by atoms with Crippen LogP contribution < -0.4 is 0 Å². The summed E-state index contributed by atoms with van der Waals surface area (Å²) >= 11 is 0. The van der Waals surface area contributed by atoms with Gasteiger partial charge >= 0.3 is 8.56 Å². The van der Waals surface area contributed by atoms with E-state index in [1.54, 1.807) is 0 Å². The maximum atomic E-state index is 6.28. The van der Waals surface area contributed by atoms with Crippen LogP contribution in [0.3, 0.4) is 0 Å². The molecule has 0 aromatic heterocycles. The van der Waals surface area contributed by atoms with Crippen molar-refractivity contribution < 1.29 is 13.6 Å². The fraction of sp³-hybridized carbons (Fsp3) is 1.00. The zero-order valence-corrected chi connectivity index (χ0v) is 15.4. The molecule has 0 aromatic rings. The molecule has 1 rings (SSSR count). The van der Waals surface area contributed by atoms with Crippen molar-refractivity contribution in [3.8, 4) is 0 Å². The zero-order valence-electron chi connectivity index (χ0n) is 14.4. The third kappa shape index (κ3) is 7.75. The normalized spacial score (nSPS) is 17.3. The predicted molar refractivity (Wildman–Crippen MR) is 90.0 cm³/mol. The Bertz CT molecular complexity index is 240. The molecule has 1 aliphatic heterocycles. The third-order valence-corrected chi connectivity index (χ3v) is 7.74. The van der Waals surface area contributed by atoms with Gasteiger partial charge in [0.2, 0.25) is 0 Å². The summed E-state index contributed by atoms with van der Waals surface area (Å²) in [6.07, 6.45) is 4.52. The molecule has 1 aliphatic rings. The number of hydrogen-bond donors (Lipinski definition) is 0. The van der Waals surface area contributed by atoms with Gasteiger partial charge in [-0.25, -0.2) is 0 Å². The highest BCUT2D eigenvalue weighted by Crippen LogP contribution is 2.24. The van der Waals surface area contributed by atoms with Gasteiger partial charge < -0.3 is 13.6 Å². The molecule has 0 unspecified atom stereocenters. The van der Waals surface area contributed by atoms with E-state index in [-0.39, 0.29) is 0 Å². The van der Waals surface area contributed by atoms with Gasteiger partial charge in [-0.15, -0.1) is 0 Å². The van der Waals surface area contributed by atoms with Gasteiger partial charge in [0.15, 0.2) is 0 Å². The van der Waals surface area contributed by atoms with E-state index in [4.69, 9.17) is 13.6 Å². The number of hydrogen-bond acceptors (Lipinski definition) is 4. The SMILES string of the molecule is CCCO[Si](CCC)(CCCN1CCOCC1)OCCC. The minimum absolute atomic E-state index is 0.855. The molecule has 0 amide bonds. The van der Waals surface area contributed by atoms with E-state index in [1.165, 1.54) is 6.42 Å². The Labute approximate surface area is 132 Å². The summed E-state index contributed by atoms with van der Waals surface area (Å²) < 4.78 is 18.0. The summed E-state index contributed by atoms with van der Waals surface area (Å²) in [5.41, 5.74) is 0. The molecule has 5 heteroatoms. The summed E-state index contributed by atoms with van der Waals surface area (Å²) in [7, 11) is -1.98. The summed E-state index contributed by atoms with van der Waals surface area (Å²) in [6.45, 7) is 13.4. The van der Waals surface area contributed by atoms with Crippen molar-refractivity contribution in [1.29, 1.82) is 0 Å². The fourth-order valence-corrected chi connectivity index (χ4v) is 6.33. The lowest BCUT2D eigenvalue weighted by Crippen LogP contribution is -2.44. The van der Waals surface area contributed by atoms with Crippen LogP contribution in [0.1, 0.15) is 46.5 Å². The molecule has 0 bridgehead atoms. The fourth-order valence-electron chi connectivity index (χ4n) is 2.81. The van der Waals surface area contributed by atoms with E-state index < -0.39 is 8.56 Å². The van der Waals surface area contributed by atoms with Gasteiger partial charge in [0, 0.05) is 26.3 Å². The third-order valence-electron chi connectivity index (χ3n) is 3.91. The van der Waals surface area contributed by atoms with Gasteiger partial charge in [-0.1, -0.05) is 27.2 Å². The number of morpholine rings is 1. The Morgan fingerprint density at radius 2 is 1.52 bits per heavy atom. The monoisotopic (exact) mass is 317 g/mol. The highest BCUT2D eigenvalue weighted by atomic mass is 28.4. The van der Waals surface area contributed by atoms with Crippen LogP contribution in [-0.2, 0) is 13.6 Å². The van der Waals surface area contributed by atoms with Gasteiger partial charge in [-0.05, 0) is 37.9 Å². The van der Waals surface area contributed by atoms with Crippen molar-refractivity contribution in [3.63, 3.8) is 0 Å². The van der Waals surface area contributed by atoms with Crippen molar-refractivity contribution in [2.45, 2.75) is 58.5 Å². The molecule has 0 N–H and O–H groups in total. The van der Waals surface area contributed by atoms with Crippen molar-refractivity contribution in [3.05, 3.63) is 0 Å². The van der Waals surface area contributed by atoms with Crippen molar-refractivity contribution >= 4 is 8.56 Å². The first-order valence-electron chi connectivity index (χ1n) is 8.84. The molecule has 21 heavy (non-hydrogen) atoms. The molecular weight excluding hydrogens is 282 g/mol. The van der Waals surface area contributed by atoms with Crippen LogP contribution in [0.4, 0.5) is 0 Å². The van der Waals surface area contributed by atoms with Crippen molar-refractivity contribution in [1.82, 2.24) is 4.90 Å². The van der Waals surface area contributed by atoms with E-state index in [0.717, 1.165) is 77.4 Å².